The van der Waals surface area contributed by atoms with E-state index in [9.17, 15) is 8.42 Å². The molecule has 0 amide bonds. The van der Waals surface area contributed by atoms with Crippen LogP contribution >= 0.6 is 0 Å². The van der Waals surface area contributed by atoms with Crippen molar-refractivity contribution in [3.63, 3.8) is 0 Å². The summed E-state index contributed by atoms with van der Waals surface area (Å²) in [5, 5.41) is 3.20. The highest BCUT2D eigenvalue weighted by molar-refractivity contribution is 7.91. The number of nitrogens with zero attached hydrogens (tertiary/aromatic N) is 2. The number of rotatable bonds is 4. The van der Waals surface area contributed by atoms with Gasteiger partial charge < -0.3 is 11.1 Å². The molecule has 0 spiro atoms. The fourth-order valence-corrected chi connectivity index (χ4v) is 4.43. The number of sulfone groups is 1. The number of hydrogen-bond donors (Lipinski definition) is 2. The second-order valence-electron chi connectivity index (χ2n) is 5.37. The number of nitrogen functional groups attached to an aromatic ring is 1. The molecule has 19 heavy (non-hydrogen) atoms. The van der Waals surface area contributed by atoms with Crippen LogP contribution in [0.4, 0.5) is 11.6 Å². The number of nitrogens with one attached hydrogen (secondary N) is 1. The highest BCUT2D eigenvalue weighted by atomic mass is 32.2. The van der Waals surface area contributed by atoms with E-state index >= 15 is 0 Å². The van der Waals surface area contributed by atoms with E-state index in [1.165, 1.54) is 0 Å². The van der Waals surface area contributed by atoms with Gasteiger partial charge in [0, 0.05) is 12.5 Å². The average molecular weight is 284 g/mol. The molecule has 1 unspecified atom stereocenters. The number of anilines is 2. The van der Waals surface area contributed by atoms with E-state index in [-0.39, 0.29) is 11.5 Å². The molecule has 6 nitrogen and oxygen atoms in total. The van der Waals surface area contributed by atoms with E-state index in [1.807, 2.05) is 13.8 Å². The van der Waals surface area contributed by atoms with Gasteiger partial charge in [0.25, 0.3) is 0 Å². The lowest BCUT2D eigenvalue weighted by Gasteiger charge is -2.24. The Labute approximate surface area is 113 Å². The zero-order valence-corrected chi connectivity index (χ0v) is 12.1. The van der Waals surface area contributed by atoms with Gasteiger partial charge >= 0.3 is 0 Å². The first-order valence-corrected chi connectivity index (χ1v) is 8.26. The second-order valence-corrected chi connectivity index (χ2v) is 7.56. The molecule has 7 heteroatoms. The molecule has 1 saturated heterocycles. The minimum Gasteiger partial charge on any atom is -0.384 e. The Morgan fingerprint density at radius 1 is 1.47 bits per heavy atom. The summed E-state index contributed by atoms with van der Waals surface area (Å²) >= 11 is 0. The van der Waals surface area contributed by atoms with E-state index in [1.54, 1.807) is 6.07 Å². The molecule has 1 fully saturated rings. The van der Waals surface area contributed by atoms with Gasteiger partial charge in [-0.25, -0.2) is 18.4 Å². The molecule has 0 saturated carbocycles. The van der Waals surface area contributed by atoms with Crippen LogP contribution in [0.5, 0.6) is 0 Å². The Kier molecular flexibility index (Phi) is 3.66. The van der Waals surface area contributed by atoms with Gasteiger partial charge in [0.15, 0.2) is 9.84 Å². The van der Waals surface area contributed by atoms with Crippen LogP contribution in [0.2, 0.25) is 0 Å². The molecule has 106 valence electrons. The molecule has 1 aromatic heterocycles. The van der Waals surface area contributed by atoms with E-state index in [2.05, 4.69) is 15.3 Å². The maximum Gasteiger partial charge on any atom is 0.152 e. The summed E-state index contributed by atoms with van der Waals surface area (Å²) in [6.07, 6.45) is 2.28. The van der Waals surface area contributed by atoms with E-state index in [0.717, 1.165) is 12.8 Å². The first kappa shape index (κ1) is 14.0. The molecule has 0 aliphatic carbocycles. The number of hydrogen-bond acceptors (Lipinski definition) is 6. The number of aromatic nitrogens is 2. The van der Waals surface area contributed by atoms with Gasteiger partial charge in [0.1, 0.15) is 17.5 Å². The van der Waals surface area contributed by atoms with Crippen molar-refractivity contribution in [2.45, 2.75) is 38.6 Å². The van der Waals surface area contributed by atoms with Crippen LogP contribution in [0.1, 0.15) is 32.5 Å². The summed E-state index contributed by atoms with van der Waals surface area (Å²) in [5.41, 5.74) is 5.28. The number of aryl methyl sites for hydroxylation is 1. The second kappa shape index (κ2) is 4.96. The molecule has 2 heterocycles. The normalized spacial score (nSPS) is 25.4. The third-order valence-electron chi connectivity index (χ3n) is 3.20. The molecular weight excluding hydrogens is 264 g/mol. The van der Waals surface area contributed by atoms with Crippen molar-refractivity contribution >= 4 is 21.5 Å². The maximum atomic E-state index is 11.6. The van der Waals surface area contributed by atoms with Crippen molar-refractivity contribution < 1.29 is 8.42 Å². The smallest absolute Gasteiger partial charge is 0.152 e. The summed E-state index contributed by atoms with van der Waals surface area (Å²) in [5.74, 6) is 2.06. The van der Waals surface area contributed by atoms with Gasteiger partial charge in [-0.3, -0.25) is 0 Å². The van der Waals surface area contributed by atoms with Gasteiger partial charge in [-0.1, -0.05) is 6.92 Å². The molecule has 1 aromatic rings. The summed E-state index contributed by atoms with van der Waals surface area (Å²) in [7, 11) is -2.94. The average Bonchev–Trinajstić information content (AvgIpc) is 2.52. The summed E-state index contributed by atoms with van der Waals surface area (Å²) in [6, 6.07) is 1.65. The van der Waals surface area contributed by atoms with Crippen LogP contribution in [0, 0.1) is 0 Å². The van der Waals surface area contributed by atoms with Crippen LogP contribution in [-0.2, 0) is 16.3 Å². The summed E-state index contributed by atoms with van der Waals surface area (Å²) in [6.45, 7) is 3.94. The minimum atomic E-state index is -2.94. The van der Waals surface area contributed by atoms with Gasteiger partial charge in [-0.05, 0) is 19.8 Å². The van der Waals surface area contributed by atoms with Crippen molar-refractivity contribution in [1.29, 1.82) is 0 Å². The zero-order chi connectivity index (χ0) is 14.1. The quantitative estimate of drug-likeness (QED) is 0.856. The summed E-state index contributed by atoms with van der Waals surface area (Å²) < 4.78 is 23.2. The molecule has 1 atom stereocenters. The minimum absolute atomic E-state index is 0.132. The van der Waals surface area contributed by atoms with Crippen molar-refractivity contribution in [2.24, 2.45) is 0 Å². The monoisotopic (exact) mass is 284 g/mol. The number of nitrogens with two attached hydrogens (primary N) is 1. The Hall–Kier alpha value is -1.37. The van der Waals surface area contributed by atoms with Crippen LogP contribution in [0.15, 0.2) is 6.07 Å². The first-order chi connectivity index (χ1) is 8.82. The Morgan fingerprint density at radius 2 is 2.21 bits per heavy atom. The van der Waals surface area contributed by atoms with Crippen molar-refractivity contribution in [2.75, 3.05) is 22.6 Å². The van der Waals surface area contributed by atoms with Crippen LogP contribution in [-0.4, -0.2) is 35.4 Å². The Balaban J connectivity index is 2.19. The molecule has 0 radical (unpaired) electrons. The van der Waals surface area contributed by atoms with Gasteiger partial charge in [0.2, 0.25) is 0 Å². The van der Waals surface area contributed by atoms with Crippen molar-refractivity contribution in [1.82, 2.24) is 9.97 Å². The third kappa shape index (κ3) is 3.56. The molecule has 3 N–H and O–H groups in total. The molecule has 1 aliphatic rings. The van der Waals surface area contributed by atoms with E-state index < -0.39 is 15.4 Å². The van der Waals surface area contributed by atoms with Crippen LogP contribution in [0.3, 0.4) is 0 Å². The maximum absolute atomic E-state index is 11.6. The highest BCUT2D eigenvalue weighted by Crippen LogP contribution is 2.27. The Bertz CT molecular complexity index is 573. The van der Waals surface area contributed by atoms with Gasteiger partial charge in [-0.2, -0.15) is 0 Å². The van der Waals surface area contributed by atoms with Gasteiger partial charge in [0.05, 0.1) is 17.0 Å². The fraction of sp³-hybridized carbons (Fsp3) is 0.667. The predicted octanol–water partition coefficient (Wildman–Crippen LogP) is 1.00. The Morgan fingerprint density at radius 3 is 2.79 bits per heavy atom. The fourth-order valence-electron chi connectivity index (χ4n) is 2.34. The lowest BCUT2D eigenvalue weighted by Crippen LogP contribution is -2.36. The van der Waals surface area contributed by atoms with Crippen molar-refractivity contribution in [3.05, 3.63) is 11.9 Å². The largest absolute Gasteiger partial charge is 0.384 e. The first-order valence-electron chi connectivity index (χ1n) is 6.44. The zero-order valence-electron chi connectivity index (χ0n) is 11.3. The lowest BCUT2D eigenvalue weighted by molar-refractivity contribution is 0.571. The third-order valence-corrected chi connectivity index (χ3v) is 5.10. The standard InChI is InChI=1S/C12H20N4O2S/c1-3-4-10-14-9(13)7-11(15-10)16-12(2)5-6-19(17,18)8-12/h7H,3-6,8H2,1-2H3,(H3,13,14,15,16). The van der Waals surface area contributed by atoms with Crippen LogP contribution in [0.25, 0.3) is 0 Å². The van der Waals surface area contributed by atoms with Gasteiger partial charge in [-0.15, -0.1) is 0 Å². The molecule has 2 rings (SSSR count). The highest BCUT2D eigenvalue weighted by Gasteiger charge is 2.38. The molecule has 1 aliphatic heterocycles. The van der Waals surface area contributed by atoms with Crippen molar-refractivity contribution in [3.8, 4) is 0 Å². The van der Waals surface area contributed by atoms with E-state index in [4.69, 9.17) is 5.73 Å². The van der Waals surface area contributed by atoms with Crippen LogP contribution < -0.4 is 11.1 Å². The molecule has 0 aromatic carbocycles. The topological polar surface area (TPSA) is 98.0 Å². The predicted molar refractivity (Wildman–Crippen MR) is 75.7 cm³/mol. The SMILES string of the molecule is CCCc1nc(N)cc(NC2(C)CCS(=O)(=O)C2)n1. The summed E-state index contributed by atoms with van der Waals surface area (Å²) in [4.78, 5) is 8.54. The molecule has 0 bridgehead atoms. The lowest BCUT2D eigenvalue weighted by atomic mass is 10.0. The van der Waals surface area contributed by atoms with E-state index in [0.29, 0.717) is 23.9 Å². The molecular formula is C12H20N4O2S.